The quantitative estimate of drug-likeness (QED) is 0.874. The second-order valence-electron chi connectivity index (χ2n) is 4.26. The van der Waals surface area contributed by atoms with Gasteiger partial charge in [0.05, 0.1) is 11.3 Å². The highest BCUT2D eigenvalue weighted by Crippen LogP contribution is 2.16. The van der Waals surface area contributed by atoms with Crippen LogP contribution in [0.1, 0.15) is 5.56 Å². The van der Waals surface area contributed by atoms with Crippen LogP contribution in [0.5, 0.6) is 0 Å². The topological polar surface area (TPSA) is 89.3 Å². The fourth-order valence-electron chi connectivity index (χ4n) is 1.71. The Morgan fingerprint density at radius 2 is 1.60 bits per heavy atom. The van der Waals surface area contributed by atoms with Crippen molar-refractivity contribution in [2.24, 2.45) is 5.73 Å². The molecule has 1 amide bonds. The highest BCUT2D eigenvalue weighted by atomic mass is 32.2. The predicted molar refractivity (Wildman–Crippen MR) is 76.6 cm³/mol. The number of rotatable bonds is 5. The lowest BCUT2D eigenvalue weighted by Gasteiger charge is -2.08. The molecule has 0 fully saturated rings. The maximum absolute atomic E-state index is 12.1. The SMILES string of the molecule is NC(=O)Cc1ccc(S(=O)(=O)Nc2ccccc2)cc1. The molecule has 0 radical (unpaired) electrons. The molecule has 104 valence electrons. The van der Waals surface area contributed by atoms with Crippen LogP contribution in [0.25, 0.3) is 0 Å². The molecule has 0 saturated heterocycles. The standard InChI is InChI=1S/C14H14N2O3S/c15-14(17)10-11-6-8-13(9-7-11)20(18,19)16-12-4-2-1-3-5-12/h1-9,16H,10H2,(H2,15,17). The van der Waals surface area contributed by atoms with Crippen molar-refractivity contribution in [2.45, 2.75) is 11.3 Å². The van der Waals surface area contributed by atoms with E-state index >= 15 is 0 Å². The van der Waals surface area contributed by atoms with Gasteiger partial charge in [-0.2, -0.15) is 0 Å². The molecular formula is C14H14N2O3S. The number of benzene rings is 2. The minimum atomic E-state index is -3.62. The molecule has 2 aromatic rings. The summed E-state index contributed by atoms with van der Waals surface area (Å²) < 4.78 is 26.7. The Balaban J connectivity index is 2.19. The fraction of sp³-hybridized carbons (Fsp3) is 0.0714. The van der Waals surface area contributed by atoms with Gasteiger partial charge in [-0.15, -0.1) is 0 Å². The van der Waals surface area contributed by atoms with Gasteiger partial charge in [0, 0.05) is 5.69 Å². The number of carbonyl (C=O) groups is 1. The molecule has 0 unspecified atom stereocenters. The van der Waals surface area contributed by atoms with E-state index in [1.54, 1.807) is 42.5 Å². The summed E-state index contributed by atoms with van der Waals surface area (Å²) in [6.07, 6.45) is 0.0897. The number of hydrogen-bond donors (Lipinski definition) is 2. The van der Waals surface area contributed by atoms with E-state index in [1.807, 2.05) is 0 Å². The Bertz CT molecular complexity index is 695. The molecule has 0 spiro atoms. The van der Waals surface area contributed by atoms with Gasteiger partial charge < -0.3 is 5.73 Å². The van der Waals surface area contributed by atoms with Gasteiger partial charge in [-0.1, -0.05) is 30.3 Å². The van der Waals surface area contributed by atoms with Gasteiger partial charge in [0.15, 0.2) is 0 Å². The smallest absolute Gasteiger partial charge is 0.261 e. The Morgan fingerprint density at radius 1 is 1.00 bits per heavy atom. The molecule has 0 aromatic heterocycles. The molecule has 0 heterocycles. The number of carbonyl (C=O) groups excluding carboxylic acids is 1. The first-order valence-corrected chi connectivity index (χ1v) is 7.41. The van der Waals surface area contributed by atoms with E-state index in [-0.39, 0.29) is 11.3 Å². The number of nitrogens with one attached hydrogen (secondary N) is 1. The Morgan fingerprint density at radius 3 is 2.15 bits per heavy atom. The molecule has 3 N–H and O–H groups in total. The number of para-hydroxylation sites is 1. The van der Waals surface area contributed by atoms with Crippen LogP contribution in [-0.2, 0) is 21.2 Å². The fourth-order valence-corrected chi connectivity index (χ4v) is 2.77. The third kappa shape index (κ3) is 3.58. The molecular weight excluding hydrogens is 276 g/mol. The lowest BCUT2D eigenvalue weighted by Crippen LogP contribution is -2.15. The highest BCUT2D eigenvalue weighted by molar-refractivity contribution is 7.92. The molecule has 0 saturated carbocycles. The molecule has 2 aromatic carbocycles. The van der Waals surface area contributed by atoms with Crippen LogP contribution in [0.15, 0.2) is 59.5 Å². The molecule has 20 heavy (non-hydrogen) atoms. The Labute approximate surface area is 117 Å². The molecule has 0 aliphatic rings. The van der Waals surface area contributed by atoms with E-state index < -0.39 is 15.9 Å². The van der Waals surface area contributed by atoms with Crippen molar-refractivity contribution >= 4 is 21.6 Å². The minimum Gasteiger partial charge on any atom is -0.369 e. The number of amides is 1. The van der Waals surface area contributed by atoms with Gasteiger partial charge in [-0.25, -0.2) is 8.42 Å². The number of nitrogens with two attached hydrogens (primary N) is 1. The van der Waals surface area contributed by atoms with Crippen molar-refractivity contribution in [2.75, 3.05) is 4.72 Å². The number of anilines is 1. The van der Waals surface area contributed by atoms with Crippen molar-refractivity contribution in [3.8, 4) is 0 Å². The summed E-state index contributed by atoms with van der Waals surface area (Å²) in [5, 5.41) is 0. The molecule has 0 aliphatic heterocycles. The lowest BCUT2D eigenvalue weighted by atomic mass is 10.1. The summed E-state index contributed by atoms with van der Waals surface area (Å²) in [5.41, 5.74) is 6.25. The maximum atomic E-state index is 12.1. The third-order valence-corrected chi connectivity index (χ3v) is 4.04. The number of sulfonamides is 1. The van der Waals surface area contributed by atoms with Crippen LogP contribution in [0.3, 0.4) is 0 Å². The zero-order valence-corrected chi connectivity index (χ0v) is 11.4. The van der Waals surface area contributed by atoms with Crippen LogP contribution in [0.2, 0.25) is 0 Å². The van der Waals surface area contributed by atoms with E-state index in [4.69, 9.17) is 5.73 Å². The van der Waals surface area contributed by atoms with Crippen molar-refractivity contribution in [3.63, 3.8) is 0 Å². The zero-order chi connectivity index (χ0) is 14.6. The molecule has 0 atom stereocenters. The van der Waals surface area contributed by atoms with Gasteiger partial charge in [0.2, 0.25) is 5.91 Å². The van der Waals surface area contributed by atoms with Crippen molar-refractivity contribution in [1.29, 1.82) is 0 Å². The Kier molecular flexibility index (Phi) is 4.05. The average Bonchev–Trinajstić information content (AvgIpc) is 2.39. The van der Waals surface area contributed by atoms with E-state index in [0.717, 1.165) is 0 Å². The van der Waals surface area contributed by atoms with E-state index in [2.05, 4.69) is 4.72 Å². The van der Waals surface area contributed by atoms with E-state index in [0.29, 0.717) is 11.3 Å². The summed E-state index contributed by atoms with van der Waals surface area (Å²) in [4.78, 5) is 10.9. The van der Waals surface area contributed by atoms with Crippen LogP contribution in [0.4, 0.5) is 5.69 Å². The van der Waals surface area contributed by atoms with Crippen molar-refractivity contribution in [3.05, 3.63) is 60.2 Å². The molecule has 6 heteroatoms. The third-order valence-electron chi connectivity index (χ3n) is 2.64. The van der Waals surface area contributed by atoms with Gasteiger partial charge in [-0.05, 0) is 29.8 Å². The first-order chi connectivity index (χ1) is 9.47. The van der Waals surface area contributed by atoms with Crippen LogP contribution >= 0.6 is 0 Å². The van der Waals surface area contributed by atoms with Crippen LogP contribution in [0, 0.1) is 0 Å². The highest BCUT2D eigenvalue weighted by Gasteiger charge is 2.13. The molecule has 5 nitrogen and oxygen atoms in total. The maximum Gasteiger partial charge on any atom is 0.261 e. The van der Waals surface area contributed by atoms with Gasteiger partial charge in [-0.3, -0.25) is 9.52 Å². The van der Waals surface area contributed by atoms with Crippen LogP contribution < -0.4 is 10.5 Å². The van der Waals surface area contributed by atoms with Gasteiger partial charge in [0.1, 0.15) is 0 Å². The largest absolute Gasteiger partial charge is 0.369 e. The van der Waals surface area contributed by atoms with Crippen molar-refractivity contribution < 1.29 is 13.2 Å². The van der Waals surface area contributed by atoms with E-state index in [1.165, 1.54) is 12.1 Å². The lowest BCUT2D eigenvalue weighted by molar-refractivity contribution is -0.117. The zero-order valence-electron chi connectivity index (χ0n) is 10.6. The monoisotopic (exact) mass is 290 g/mol. The normalized spacial score (nSPS) is 11.0. The summed E-state index contributed by atoms with van der Waals surface area (Å²) in [7, 11) is -3.62. The summed E-state index contributed by atoms with van der Waals surface area (Å²) in [6.45, 7) is 0. The van der Waals surface area contributed by atoms with E-state index in [9.17, 15) is 13.2 Å². The molecule has 0 bridgehead atoms. The molecule has 0 aliphatic carbocycles. The second-order valence-corrected chi connectivity index (χ2v) is 5.94. The van der Waals surface area contributed by atoms with Gasteiger partial charge >= 0.3 is 0 Å². The second kappa shape index (κ2) is 5.75. The Hall–Kier alpha value is -2.34. The first-order valence-electron chi connectivity index (χ1n) is 5.92. The summed E-state index contributed by atoms with van der Waals surface area (Å²) in [5.74, 6) is -0.456. The summed E-state index contributed by atoms with van der Waals surface area (Å²) >= 11 is 0. The summed E-state index contributed by atoms with van der Waals surface area (Å²) in [6, 6.07) is 14.7. The predicted octanol–water partition coefficient (Wildman–Crippen LogP) is 1.52. The molecule has 2 rings (SSSR count). The van der Waals surface area contributed by atoms with Gasteiger partial charge in [0.25, 0.3) is 10.0 Å². The number of hydrogen-bond acceptors (Lipinski definition) is 3. The van der Waals surface area contributed by atoms with Crippen molar-refractivity contribution in [1.82, 2.24) is 0 Å². The minimum absolute atomic E-state index is 0.0897. The average molecular weight is 290 g/mol. The first kappa shape index (κ1) is 14.1. The van der Waals surface area contributed by atoms with Crippen LogP contribution in [-0.4, -0.2) is 14.3 Å². The number of primary amides is 1.